The molecule has 2 heteroatoms. The summed E-state index contributed by atoms with van der Waals surface area (Å²) in [6, 6.07) is 0. The molecule has 0 aromatic heterocycles. The van der Waals surface area contributed by atoms with Crippen LogP contribution in [-0.4, -0.2) is 24.9 Å². The molecule has 0 aromatic carbocycles. The summed E-state index contributed by atoms with van der Waals surface area (Å²) in [5.41, 5.74) is 0. The Balaban J connectivity index is 3.13. The third-order valence-corrected chi connectivity index (χ3v) is 1.26. The van der Waals surface area contributed by atoms with Gasteiger partial charge in [-0.05, 0) is 19.8 Å². The lowest BCUT2D eigenvalue weighted by Crippen LogP contribution is -2.03. The van der Waals surface area contributed by atoms with Crippen molar-refractivity contribution in [2.45, 2.75) is 25.9 Å². The molecule has 0 amide bonds. The van der Waals surface area contributed by atoms with Gasteiger partial charge in [0.05, 0.1) is 6.10 Å². The van der Waals surface area contributed by atoms with Crippen LogP contribution in [0.4, 0.5) is 0 Å². The summed E-state index contributed by atoms with van der Waals surface area (Å²) in [6.07, 6.45) is 5.06. The average molecular weight is 144 g/mol. The van der Waals surface area contributed by atoms with Crippen LogP contribution in [-0.2, 0) is 4.74 Å². The number of hydrogen-bond acceptors (Lipinski definition) is 2. The van der Waals surface area contributed by atoms with Gasteiger partial charge >= 0.3 is 0 Å². The Bertz CT molecular complexity index is 89.3. The molecule has 0 aliphatic rings. The van der Waals surface area contributed by atoms with Crippen molar-refractivity contribution in [3.05, 3.63) is 12.2 Å². The normalized spacial score (nSPS) is 14.3. The van der Waals surface area contributed by atoms with E-state index in [0.29, 0.717) is 0 Å². The lowest BCUT2D eigenvalue weighted by Gasteiger charge is -2.03. The molecule has 0 spiro atoms. The number of aliphatic hydroxyl groups is 1. The van der Waals surface area contributed by atoms with Crippen LogP contribution in [0.3, 0.4) is 0 Å². The topological polar surface area (TPSA) is 29.5 Å². The number of rotatable bonds is 5. The first-order chi connectivity index (χ1) is 4.81. The number of allylic oxidation sites excluding steroid dienone is 1. The standard InChI is InChI=1S/C8H16O2/c1-3-5-8(9)6-4-7-10-2/h3,5,8-9H,4,6-7H2,1-2H3/b5-3+. The van der Waals surface area contributed by atoms with Gasteiger partial charge in [0.2, 0.25) is 0 Å². The average Bonchev–Trinajstić information content (AvgIpc) is 1.89. The van der Waals surface area contributed by atoms with Gasteiger partial charge in [-0.1, -0.05) is 12.2 Å². The molecular weight excluding hydrogens is 128 g/mol. The molecule has 1 atom stereocenters. The minimum absolute atomic E-state index is 0.292. The van der Waals surface area contributed by atoms with Crippen LogP contribution in [0.2, 0.25) is 0 Å². The van der Waals surface area contributed by atoms with E-state index in [2.05, 4.69) is 0 Å². The molecule has 10 heavy (non-hydrogen) atoms. The van der Waals surface area contributed by atoms with Crippen LogP contribution in [0.5, 0.6) is 0 Å². The van der Waals surface area contributed by atoms with Crippen molar-refractivity contribution in [1.29, 1.82) is 0 Å². The van der Waals surface area contributed by atoms with Gasteiger partial charge in [0, 0.05) is 13.7 Å². The van der Waals surface area contributed by atoms with Gasteiger partial charge in [-0.15, -0.1) is 0 Å². The van der Waals surface area contributed by atoms with Crippen LogP contribution in [0.15, 0.2) is 12.2 Å². The maximum atomic E-state index is 9.13. The van der Waals surface area contributed by atoms with Crippen molar-refractivity contribution in [3.63, 3.8) is 0 Å². The summed E-state index contributed by atoms with van der Waals surface area (Å²) >= 11 is 0. The van der Waals surface area contributed by atoms with E-state index in [1.54, 1.807) is 13.2 Å². The van der Waals surface area contributed by atoms with Crippen molar-refractivity contribution in [1.82, 2.24) is 0 Å². The van der Waals surface area contributed by atoms with E-state index >= 15 is 0 Å². The fourth-order valence-corrected chi connectivity index (χ4v) is 0.755. The second-order valence-corrected chi connectivity index (χ2v) is 2.23. The van der Waals surface area contributed by atoms with Crippen LogP contribution < -0.4 is 0 Å². The van der Waals surface area contributed by atoms with Gasteiger partial charge in [-0.2, -0.15) is 0 Å². The summed E-state index contributed by atoms with van der Waals surface area (Å²) in [5, 5.41) is 9.13. The molecule has 0 bridgehead atoms. The first-order valence-electron chi connectivity index (χ1n) is 3.61. The lowest BCUT2D eigenvalue weighted by molar-refractivity contribution is 0.161. The number of methoxy groups -OCH3 is 1. The maximum absolute atomic E-state index is 9.13. The Morgan fingerprint density at radius 2 is 2.30 bits per heavy atom. The second kappa shape index (κ2) is 6.78. The fraction of sp³-hybridized carbons (Fsp3) is 0.750. The Morgan fingerprint density at radius 1 is 1.60 bits per heavy atom. The van der Waals surface area contributed by atoms with Crippen LogP contribution in [0.25, 0.3) is 0 Å². The monoisotopic (exact) mass is 144 g/mol. The highest BCUT2D eigenvalue weighted by molar-refractivity contribution is 4.84. The Hall–Kier alpha value is -0.340. The highest BCUT2D eigenvalue weighted by atomic mass is 16.5. The first-order valence-corrected chi connectivity index (χ1v) is 3.61. The summed E-state index contributed by atoms with van der Waals surface area (Å²) in [7, 11) is 1.67. The molecule has 1 unspecified atom stereocenters. The molecule has 0 heterocycles. The van der Waals surface area contributed by atoms with Crippen molar-refractivity contribution in [3.8, 4) is 0 Å². The molecule has 0 saturated carbocycles. The SMILES string of the molecule is C/C=C/C(O)CCCOC. The molecule has 0 aromatic rings. The maximum Gasteiger partial charge on any atom is 0.0721 e. The van der Waals surface area contributed by atoms with E-state index < -0.39 is 0 Å². The third-order valence-electron chi connectivity index (χ3n) is 1.26. The largest absolute Gasteiger partial charge is 0.389 e. The minimum Gasteiger partial charge on any atom is -0.389 e. The molecule has 0 radical (unpaired) electrons. The summed E-state index contributed by atoms with van der Waals surface area (Å²) < 4.78 is 4.84. The molecule has 0 rings (SSSR count). The molecule has 0 saturated heterocycles. The highest BCUT2D eigenvalue weighted by Gasteiger charge is 1.96. The molecular formula is C8H16O2. The molecule has 0 aliphatic heterocycles. The quantitative estimate of drug-likeness (QED) is 0.466. The van der Waals surface area contributed by atoms with E-state index in [1.807, 2.05) is 13.0 Å². The van der Waals surface area contributed by atoms with Gasteiger partial charge < -0.3 is 9.84 Å². The predicted octanol–water partition coefficient (Wildman–Crippen LogP) is 1.35. The van der Waals surface area contributed by atoms with Gasteiger partial charge in [0.1, 0.15) is 0 Å². The van der Waals surface area contributed by atoms with Crippen LogP contribution in [0.1, 0.15) is 19.8 Å². The zero-order chi connectivity index (χ0) is 7.82. The zero-order valence-corrected chi connectivity index (χ0v) is 6.71. The minimum atomic E-state index is -0.292. The zero-order valence-electron chi connectivity index (χ0n) is 6.71. The number of hydrogen-bond donors (Lipinski definition) is 1. The molecule has 0 aliphatic carbocycles. The number of aliphatic hydroxyl groups excluding tert-OH is 1. The molecule has 60 valence electrons. The van der Waals surface area contributed by atoms with Crippen LogP contribution >= 0.6 is 0 Å². The predicted molar refractivity (Wildman–Crippen MR) is 41.9 cm³/mol. The van der Waals surface area contributed by atoms with E-state index in [1.165, 1.54) is 0 Å². The highest BCUT2D eigenvalue weighted by Crippen LogP contribution is 1.97. The second-order valence-electron chi connectivity index (χ2n) is 2.23. The Kier molecular flexibility index (Phi) is 6.55. The fourth-order valence-electron chi connectivity index (χ4n) is 0.755. The van der Waals surface area contributed by atoms with Gasteiger partial charge in [-0.25, -0.2) is 0 Å². The molecule has 0 fully saturated rings. The first kappa shape index (κ1) is 9.66. The lowest BCUT2D eigenvalue weighted by atomic mass is 10.2. The summed E-state index contributed by atoms with van der Waals surface area (Å²) in [4.78, 5) is 0. The third kappa shape index (κ3) is 5.79. The molecule has 2 nitrogen and oxygen atoms in total. The van der Waals surface area contributed by atoms with Crippen molar-refractivity contribution >= 4 is 0 Å². The number of ether oxygens (including phenoxy) is 1. The van der Waals surface area contributed by atoms with E-state index in [0.717, 1.165) is 19.4 Å². The summed E-state index contributed by atoms with van der Waals surface area (Å²) in [6.45, 7) is 2.63. The summed E-state index contributed by atoms with van der Waals surface area (Å²) in [5.74, 6) is 0. The smallest absolute Gasteiger partial charge is 0.0721 e. The van der Waals surface area contributed by atoms with Crippen molar-refractivity contribution in [2.75, 3.05) is 13.7 Å². The van der Waals surface area contributed by atoms with E-state index in [4.69, 9.17) is 9.84 Å². The van der Waals surface area contributed by atoms with Crippen LogP contribution in [0, 0.1) is 0 Å². The van der Waals surface area contributed by atoms with Gasteiger partial charge in [0.15, 0.2) is 0 Å². The van der Waals surface area contributed by atoms with Gasteiger partial charge in [0.25, 0.3) is 0 Å². The van der Waals surface area contributed by atoms with Gasteiger partial charge in [-0.3, -0.25) is 0 Å². The Labute approximate surface area is 62.5 Å². The molecule has 1 N–H and O–H groups in total. The Morgan fingerprint density at radius 3 is 2.80 bits per heavy atom. The van der Waals surface area contributed by atoms with Crippen molar-refractivity contribution in [2.24, 2.45) is 0 Å². The van der Waals surface area contributed by atoms with Crippen molar-refractivity contribution < 1.29 is 9.84 Å². The van der Waals surface area contributed by atoms with E-state index in [9.17, 15) is 0 Å². The van der Waals surface area contributed by atoms with E-state index in [-0.39, 0.29) is 6.10 Å².